The van der Waals surface area contributed by atoms with E-state index in [1.165, 1.54) is 23.9 Å². The smallest absolute Gasteiger partial charge is 0.270 e. The third-order valence-corrected chi connectivity index (χ3v) is 5.81. The van der Waals surface area contributed by atoms with Gasteiger partial charge in [0, 0.05) is 23.4 Å². The van der Waals surface area contributed by atoms with Crippen molar-refractivity contribution in [2.75, 3.05) is 5.75 Å². The molecule has 0 saturated carbocycles. The summed E-state index contributed by atoms with van der Waals surface area (Å²) in [5, 5.41) is 24.2. The van der Waals surface area contributed by atoms with Gasteiger partial charge in [0.05, 0.1) is 16.9 Å². The summed E-state index contributed by atoms with van der Waals surface area (Å²) in [5.74, 6) is 0.204. The maximum atomic E-state index is 12.4. The fourth-order valence-corrected chi connectivity index (χ4v) is 3.93. The summed E-state index contributed by atoms with van der Waals surface area (Å²) in [6, 6.07) is 23.3. The highest BCUT2D eigenvalue weighted by Gasteiger charge is 2.19. The number of para-hydroxylation sites is 1. The van der Waals surface area contributed by atoms with Gasteiger partial charge in [0.2, 0.25) is 0 Å². The highest BCUT2D eigenvalue weighted by molar-refractivity contribution is 7.99. The quantitative estimate of drug-likeness (QED) is 0.176. The van der Waals surface area contributed by atoms with Gasteiger partial charge in [-0.1, -0.05) is 66.4 Å². The maximum absolute atomic E-state index is 12.4. The first-order chi connectivity index (χ1) is 16.5. The van der Waals surface area contributed by atoms with Crippen LogP contribution in [-0.2, 0) is 4.79 Å². The SMILES string of the molecule is Cc1ccccc1/C=N\NC(=O)CSc1nnc(-c2cccc([N+](=O)[O-])c2)n1-c1ccccc1. The molecule has 4 aromatic rings. The number of non-ortho nitro benzene ring substituents is 1. The van der Waals surface area contributed by atoms with Gasteiger partial charge < -0.3 is 0 Å². The zero-order valence-corrected chi connectivity index (χ0v) is 19.0. The number of nitrogens with zero attached hydrogens (tertiary/aromatic N) is 5. The van der Waals surface area contributed by atoms with Crippen molar-refractivity contribution < 1.29 is 9.72 Å². The second-order valence-corrected chi connectivity index (χ2v) is 8.17. The van der Waals surface area contributed by atoms with E-state index in [1.807, 2.05) is 61.5 Å². The number of hydrogen-bond acceptors (Lipinski definition) is 7. The van der Waals surface area contributed by atoms with Crippen molar-refractivity contribution in [1.82, 2.24) is 20.2 Å². The molecule has 3 aromatic carbocycles. The summed E-state index contributed by atoms with van der Waals surface area (Å²) in [5.41, 5.74) is 5.77. The van der Waals surface area contributed by atoms with E-state index in [9.17, 15) is 14.9 Å². The maximum Gasteiger partial charge on any atom is 0.270 e. The van der Waals surface area contributed by atoms with Crippen LogP contribution in [0.3, 0.4) is 0 Å². The fraction of sp³-hybridized carbons (Fsp3) is 0.0833. The minimum atomic E-state index is -0.454. The molecule has 34 heavy (non-hydrogen) atoms. The van der Waals surface area contributed by atoms with E-state index < -0.39 is 4.92 Å². The molecule has 0 aliphatic carbocycles. The largest absolute Gasteiger partial charge is 0.272 e. The highest BCUT2D eigenvalue weighted by atomic mass is 32.2. The summed E-state index contributed by atoms with van der Waals surface area (Å²) in [6.45, 7) is 1.97. The van der Waals surface area contributed by atoms with E-state index >= 15 is 0 Å². The summed E-state index contributed by atoms with van der Waals surface area (Å²) in [4.78, 5) is 23.1. The van der Waals surface area contributed by atoms with Crippen LogP contribution in [0, 0.1) is 17.0 Å². The monoisotopic (exact) mass is 472 g/mol. The van der Waals surface area contributed by atoms with Crippen molar-refractivity contribution >= 4 is 29.6 Å². The molecule has 1 aromatic heterocycles. The zero-order chi connectivity index (χ0) is 23.9. The average Bonchev–Trinajstić information content (AvgIpc) is 3.28. The molecule has 1 heterocycles. The molecule has 0 saturated heterocycles. The van der Waals surface area contributed by atoms with Crippen LogP contribution < -0.4 is 5.43 Å². The van der Waals surface area contributed by atoms with Gasteiger partial charge in [-0.2, -0.15) is 5.10 Å². The Labute approximate surface area is 199 Å². The van der Waals surface area contributed by atoms with E-state index in [-0.39, 0.29) is 17.3 Å². The molecule has 0 fully saturated rings. The minimum Gasteiger partial charge on any atom is -0.272 e. The third-order valence-electron chi connectivity index (χ3n) is 4.88. The van der Waals surface area contributed by atoms with Crippen molar-refractivity contribution in [3.05, 3.63) is 100 Å². The Morgan fingerprint density at radius 3 is 2.62 bits per heavy atom. The molecule has 0 unspecified atom stereocenters. The number of thioether (sulfide) groups is 1. The number of nitrogens with one attached hydrogen (secondary N) is 1. The van der Waals surface area contributed by atoms with Gasteiger partial charge >= 0.3 is 0 Å². The summed E-state index contributed by atoms with van der Waals surface area (Å²) in [6.07, 6.45) is 1.60. The molecule has 1 N–H and O–H groups in total. The number of carbonyl (C=O) groups excluding carboxylic acids is 1. The predicted octanol–water partition coefficient (Wildman–Crippen LogP) is 4.39. The van der Waals surface area contributed by atoms with Gasteiger partial charge in [-0.15, -0.1) is 10.2 Å². The number of amides is 1. The zero-order valence-electron chi connectivity index (χ0n) is 18.2. The Morgan fingerprint density at radius 1 is 1.09 bits per heavy atom. The number of hydrazone groups is 1. The van der Waals surface area contributed by atoms with Gasteiger partial charge in [0.1, 0.15) is 0 Å². The van der Waals surface area contributed by atoms with Crippen molar-refractivity contribution in [3.8, 4) is 17.1 Å². The molecule has 1 amide bonds. The minimum absolute atomic E-state index is 0.0415. The predicted molar refractivity (Wildman–Crippen MR) is 131 cm³/mol. The number of aromatic nitrogens is 3. The number of aryl methyl sites for hydroxylation is 1. The first kappa shape index (κ1) is 22.9. The van der Waals surface area contributed by atoms with Crippen molar-refractivity contribution in [2.45, 2.75) is 12.1 Å². The van der Waals surface area contributed by atoms with E-state index in [2.05, 4.69) is 20.7 Å². The molecule has 9 nitrogen and oxygen atoms in total. The van der Waals surface area contributed by atoms with Gasteiger partial charge in [0.15, 0.2) is 11.0 Å². The van der Waals surface area contributed by atoms with Gasteiger partial charge in [-0.05, 0) is 30.2 Å². The summed E-state index contributed by atoms with van der Waals surface area (Å²) < 4.78 is 1.77. The molecule has 0 bridgehead atoms. The molecule has 170 valence electrons. The number of benzene rings is 3. The standard InChI is InChI=1S/C24H20N6O3S/c1-17-8-5-6-9-19(17)15-25-26-22(31)16-34-24-28-27-23(29(24)20-11-3-2-4-12-20)18-10-7-13-21(14-18)30(32)33/h2-15H,16H2,1H3,(H,26,31)/b25-15-. The Balaban J connectivity index is 1.54. The van der Waals surface area contributed by atoms with Crippen molar-refractivity contribution in [3.63, 3.8) is 0 Å². The Morgan fingerprint density at radius 2 is 1.85 bits per heavy atom. The number of rotatable bonds is 8. The van der Waals surface area contributed by atoms with E-state index in [0.29, 0.717) is 16.5 Å². The molecular formula is C24H20N6O3S. The molecule has 10 heteroatoms. The number of nitro benzene ring substituents is 1. The number of hydrogen-bond donors (Lipinski definition) is 1. The van der Waals surface area contributed by atoms with E-state index in [1.54, 1.807) is 22.9 Å². The lowest BCUT2D eigenvalue weighted by Crippen LogP contribution is -2.20. The lowest BCUT2D eigenvalue weighted by molar-refractivity contribution is -0.384. The van der Waals surface area contributed by atoms with Crippen molar-refractivity contribution in [1.29, 1.82) is 0 Å². The van der Waals surface area contributed by atoms with Crippen LogP contribution in [0.4, 0.5) is 5.69 Å². The van der Waals surface area contributed by atoms with Crippen LogP contribution >= 0.6 is 11.8 Å². The average molecular weight is 473 g/mol. The van der Waals surface area contributed by atoms with Crippen LogP contribution in [0.2, 0.25) is 0 Å². The Hall–Kier alpha value is -4.31. The molecular weight excluding hydrogens is 452 g/mol. The van der Waals surface area contributed by atoms with Crippen LogP contribution in [0.15, 0.2) is 89.1 Å². The molecule has 0 aliphatic rings. The summed E-state index contributed by atoms with van der Waals surface area (Å²) in [7, 11) is 0. The van der Waals surface area contributed by atoms with Crippen molar-refractivity contribution in [2.24, 2.45) is 5.10 Å². The molecule has 0 atom stereocenters. The Kier molecular flexibility index (Phi) is 7.09. The lowest BCUT2D eigenvalue weighted by Gasteiger charge is -2.10. The molecule has 0 aliphatic heterocycles. The van der Waals surface area contributed by atoms with Gasteiger partial charge in [-0.3, -0.25) is 19.5 Å². The van der Waals surface area contributed by atoms with Crippen LogP contribution in [-0.4, -0.2) is 37.6 Å². The highest BCUT2D eigenvalue weighted by Crippen LogP contribution is 2.29. The van der Waals surface area contributed by atoms with Gasteiger partial charge in [-0.25, -0.2) is 5.43 Å². The van der Waals surface area contributed by atoms with E-state index in [4.69, 9.17) is 0 Å². The molecule has 4 rings (SSSR count). The summed E-state index contributed by atoms with van der Waals surface area (Å²) >= 11 is 1.19. The van der Waals surface area contributed by atoms with Crippen LogP contribution in [0.5, 0.6) is 0 Å². The number of nitro groups is 1. The second-order valence-electron chi connectivity index (χ2n) is 7.22. The number of carbonyl (C=O) groups is 1. The van der Waals surface area contributed by atoms with E-state index in [0.717, 1.165) is 16.8 Å². The molecule has 0 radical (unpaired) electrons. The van der Waals surface area contributed by atoms with Gasteiger partial charge in [0.25, 0.3) is 11.6 Å². The normalized spacial score (nSPS) is 11.0. The Bertz CT molecular complexity index is 1350. The first-order valence-electron chi connectivity index (χ1n) is 10.3. The molecule has 0 spiro atoms. The third kappa shape index (κ3) is 5.36. The topological polar surface area (TPSA) is 115 Å². The lowest BCUT2D eigenvalue weighted by atomic mass is 10.1. The van der Waals surface area contributed by atoms with Crippen LogP contribution in [0.25, 0.3) is 17.1 Å². The first-order valence-corrected chi connectivity index (χ1v) is 11.3. The fourth-order valence-electron chi connectivity index (χ4n) is 3.19. The second kappa shape index (κ2) is 10.5. The van der Waals surface area contributed by atoms with Crippen LogP contribution in [0.1, 0.15) is 11.1 Å².